The minimum atomic E-state index is 0.178. The van der Waals surface area contributed by atoms with Crippen molar-refractivity contribution in [3.8, 4) is 0 Å². The van der Waals surface area contributed by atoms with E-state index in [4.69, 9.17) is 18.9 Å². The van der Waals surface area contributed by atoms with Crippen LogP contribution in [0.15, 0.2) is 0 Å². The van der Waals surface area contributed by atoms with Gasteiger partial charge in [0.15, 0.2) is 0 Å². The fraction of sp³-hybridized carbons (Fsp3) is 1.00. The Morgan fingerprint density at radius 2 is 1.53 bits per heavy atom. The topological polar surface area (TPSA) is 36.9 Å². The van der Waals surface area contributed by atoms with Gasteiger partial charge in [0.2, 0.25) is 0 Å². The Labute approximate surface area is 110 Å². The first-order valence-electron chi connectivity index (χ1n) is 6.06. The molecule has 2 unspecified atom stereocenters. The molecule has 4 nitrogen and oxygen atoms in total. The summed E-state index contributed by atoms with van der Waals surface area (Å²) in [6, 6.07) is 0. The van der Waals surface area contributed by atoms with Gasteiger partial charge in [-0.3, -0.25) is 0 Å². The molecule has 0 bridgehead atoms. The predicted molar refractivity (Wildman–Crippen MR) is 72.0 cm³/mol. The van der Waals surface area contributed by atoms with Crippen LogP contribution in [0.2, 0.25) is 0 Å². The van der Waals surface area contributed by atoms with Gasteiger partial charge in [-0.05, 0) is 25.5 Å². The molecule has 104 valence electrons. The van der Waals surface area contributed by atoms with E-state index >= 15 is 0 Å². The van der Waals surface area contributed by atoms with E-state index in [-0.39, 0.29) is 12.2 Å². The van der Waals surface area contributed by atoms with Crippen molar-refractivity contribution >= 4 is 12.6 Å². The average Bonchev–Trinajstić information content (AvgIpc) is 2.30. The van der Waals surface area contributed by atoms with Gasteiger partial charge in [0.1, 0.15) is 0 Å². The highest BCUT2D eigenvalue weighted by molar-refractivity contribution is 7.80. The molecule has 0 amide bonds. The van der Waals surface area contributed by atoms with Crippen molar-refractivity contribution in [2.24, 2.45) is 0 Å². The van der Waals surface area contributed by atoms with Crippen LogP contribution >= 0.6 is 12.6 Å². The highest BCUT2D eigenvalue weighted by Gasteiger charge is 2.13. The molecular formula is C12H26O4S. The molecular weight excluding hydrogens is 240 g/mol. The highest BCUT2D eigenvalue weighted by Crippen LogP contribution is 2.10. The quantitative estimate of drug-likeness (QED) is 0.431. The van der Waals surface area contributed by atoms with Crippen molar-refractivity contribution in [2.45, 2.75) is 32.0 Å². The maximum Gasteiger partial charge on any atom is 0.0704 e. The van der Waals surface area contributed by atoms with Crippen LogP contribution in [-0.4, -0.2) is 58.6 Å². The maximum absolute atomic E-state index is 5.71. The molecule has 0 radical (unpaired) electrons. The number of hydrogen-bond acceptors (Lipinski definition) is 5. The Kier molecular flexibility index (Phi) is 12.8. The SMILES string of the molecule is COCCOC(C)CC(CCS)OCCOC. The summed E-state index contributed by atoms with van der Waals surface area (Å²) in [6.45, 7) is 4.57. The Hall–Kier alpha value is 0.190. The summed E-state index contributed by atoms with van der Waals surface area (Å²) in [5, 5.41) is 0. The van der Waals surface area contributed by atoms with Gasteiger partial charge in [-0.25, -0.2) is 0 Å². The lowest BCUT2D eigenvalue weighted by Crippen LogP contribution is -2.24. The molecule has 0 saturated carbocycles. The maximum atomic E-state index is 5.71. The zero-order valence-electron chi connectivity index (χ0n) is 11.2. The normalized spacial score (nSPS) is 14.8. The third kappa shape index (κ3) is 11.0. The van der Waals surface area contributed by atoms with Crippen molar-refractivity contribution in [3.63, 3.8) is 0 Å². The molecule has 17 heavy (non-hydrogen) atoms. The van der Waals surface area contributed by atoms with Crippen molar-refractivity contribution < 1.29 is 18.9 Å². The predicted octanol–water partition coefficient (Wildman–Crippen LogP) is 1.78. The van der Waals surface area contributed by atoms with Crippen LogP contribution in [0.3, 0.4) is 0 Å². The van der Waals surface area contributed by atoms with Crippen LogP contribution < -0.4 is 0 Å². The fourth-order valence-corrected chi connectivity index (χ4v) is 1.77. The van der Waals surface area contributed by atoms with E-state index in [0.717, 1.165) is 18.6 Å². The summed E-state index contributed by atoms with van der Waals surface area (Å²) >= 11 is 4.24. The summed E-state index contributed by atoms with van der Waals surface area (Å²) < 4.78 is 21.2. The van der Waals surface area contributed by atoms with Gasteiger partial charge in [0.05, 0.1) is 38.6 Å². The van der Waals surface area contributed by atoms with E-state index in [9.17, 15) is 0 Å². The van der Waals surface area contributed by atoms with Crippen molar-refractivity contribution in [3.05, 3.63) is 0 Å². The third-order valence-corrected chi connectivity index (χ3v) is 2.63. The number of thiol groups is 1. The zero-order valence-corrected chi connectivity index (χ0v) is 12.1. The minimum Gasteiger partial charge on any atom is -0.382 e. The van der Waals surface area contributed by atoms with E-state index < -0.39 is 0 Å². The Balaban J connectivity index is 3.71. The number of rotatable bonds is 12. The molecule has 0 N–H and O–H groups in total. The molecule has 0 saturated heterocycles. The summed E-state index contributed by atoms with van der Waals surface area (Å²) in [6.07, 6.45) is 2.19. The summed E-state index contributed by atoms with van der Waals surface area (Å²) in [7, 11) is 3.35. The van der Waals surface area contributed by atoms with E-state index in [1.807, 2.05) is 0 Å². The first-order chi connectivity index (χ1) is 8.24. The van der Waals surface area contributed by atoms with Gasteiger partial charge in [-0.2, -0.15) is 12.6 Å². The second kappa shape index (κ2) is 12.6. The lowest BCUT2D eigenvalue weighted by Gasteiger charge is -2.21. The van der Waals surface area contributed by atoms with E-state index in [0.29, 0.717) is 26.4 Å². The summed E-state index contributed by atoms with van der Waals surface area (Å²) in [4.78, 5) is 0. The standard InChI is InChI=1S/C12H26O4S/c1-11(15-7-5-13-2)10-12(4-9-17)16-8-6-14-3/h11-12,17H,4-10H2,1-3H3. The van der Waals surface area contributed by atoms with Crippen LogP contribution in [0.1, 0.15) is 19.8 Å². The Bertz CT molecular complexity index is 157. The molecule has 5 heteroatoms. The lowest BCUT2D eigenvalue weighted by atomic mass is 10.1. The highest BCUT2D eigenvalue weighted by atomic mass is 32.1. The summed E-state index contributed by atoms with van der Waals surface area (Å²) in [5.41, 5.74) is 0. The molecule has 0 aliphatic carbocycles. The minimum absolute atomic E-state index is 0.178. The van der Waals surface area contributed by atoms with Crippen LogP contribution in [-0.2, 0) is 18.9 Å². The van der Waals surface area contributed by atoms with E-state index in [2.05, 4.69) is 19.6 Å². The zero-order chi connectivity index (χ0) is 12.9. The largest absolute Gasteiger partial charge is 0.382 e. The molecule has 0 aromatic rings. The van der Waals surface area contributed by atoms with Gasteiger partial charge in [-0.15, -0.1) is 0 Å². The molecule has 0 rings (SSSR count). The molecule has 0 fully saturated rings. The molecule has 0 aliphatic heterocycles. The molecule has 0 spiro atoms. The second-order valence-electron chi connectivity index (χ2n) is 3.91. The van der Waals surface area contributed by atoms with Gasteiger partial charge in [-0.1, -0.05) is 0 Å². The van der Waals surface area contributed by atoms with Gasteiger partial charge < -0.3 is 18.9 Å². The van der Waals surface area contributed by atoms with Crippen molar-refractivity contribution in [2.75, 3.05) is 46.4 Å². The van der Waals surface area contributed by atoms with Gasteiger partial charge in [0.25, 0.3) is 0 Å². The molecule has 0 aromatic carbocycles. The first-order valence-corrected chi connectivity index (χ1v) is 6.69. The van der Waals surface area contributed by atoms with Crippen LogP contribution in [0.4, 0.5) is 0 Å². The van der Waals surface area contributed by atoms with Crippen molar-refractivity contribution in [1.82, 2.24) is 0 Å². The lowest BCUT2D eigenvalue weighted by molar-refractivity contribution is -0.0339. The van der Waals surface area contributed by atoms with Gasteiger partial charge >= 0.3 is 0 Å². The first kappa shape index (κ1) is 17.2. The van der Waals surface area contributed by atoms with Crippen LogP contribution in [0.25, 0.3) is 0 Å². The smallest absolute Gasteiger partial charge is 0.0704 e. The molecule has 0 aliphatic rings. The fourth-order valence-electron chi connectivity index (χ4n) is 1.48. The van der Waals surface area contributed by atoms with E-state index in [1.54, 1.807) is 14.2 Å². The summed E-state index contributed by atoms with van der Waals surface area (Å²) in [5.74, 6) is 0.822. The third-order valence-electron chi connectivity index (χ3n) is 2.38. The number of methoxy groups -OCH3 is 2. The Morgan fingerprint density at radius 3 is 2.06 bits per heavy atom. The van der Waals surface area contributed by atoms with Crippen molar-refractivity contribution in [1.29, 1.82) is 0 Å². The van der Waals surface area contributed by atoms with Gasteiger partial charge in [0, 0.05) is 14.2 Å². The number of hydrogen-bond donors (Lipinski definition) is 1. The monoisotopic (exact) mass is 266 g/mol. The average molecular weight is 266 g/mol. The van der Waals surface area contributed by atoms with E-state index in [1.165, 1.54) is 0 Å². The number of ether oxygens (including phenoxy) is 4. The molecule has 0 heterocycles. The van der Waals surface area contributed by atoms with Crippen LogP contribution in [0, 0.1) is 0 Å². The molecule has 0 aromatic heterocycles. The Morgan fingerprint density at radius 1 is 0.941 bits per heavy atom. The second-order valence-corrected chi connectivity index (χ2v) is 4.36. The molecule has 2 atom stereocenters. The van der Waals surface area contributed by atoms with Crippen LogP contribution in [0.5, 0.6) is 0 Å².